The van der Waals surface area contributed by atoms with E-state index in [9.17, 15) is 9.59 Å². The molecule has 0 saturated heterocycles. The molecule has 0 fully saturated rings. The summed E-state index contributed by atoms with van der Waals surface area (Å²) in [6, 6.07) is 12.2. The first-order valence-corrected chi connectivity index (χ1v) is 7.86. The summed E-state index contributed by atoms with van der Waals surface area (Å²) in [5.74, 6) is -0.526. The Balaban J connectivity index is 1.83. The van der Waals surface area contributed by atoms with Crippen molar-refractivity contribution in [2.45, 2.75) is 13.3 Å². The van der Waals surface area contributed by atoms with Crippen LogP contribution in [-0.2, 0) is 9.53 Å². The van der Waals surface area contributed by atoms with Crippen molar-refractivity contribution in [1.82, 2.24) is 0 Å². The first-order chi connectivity index (χ1) is 11.5. The molecule has 0 heterocycles. The summed E-state index contributed by atoms with van der Waals surface area (Å²) in [6.45, 7) is 2.42. The number of amides is 1. The molecule has 5 nitrogen and oxygen atoms in total. The summed E-state index contributed by atoms with van der Waals surface area (Å²) >= 11 is 6.06. The van der Waals surface area contributed by atoms with Gasteiger partial charge in [-0.3, -0.25) is 4.79 Å². The van der Waals surface area contributed by atoms with Gasteiger partial charge in [-0.2, -0.15) is 0 Å². The molecule has 6 heteroatoms. The Kier molecular flexibility index (Phi) is 6.21. The molecule has 0 unspecified atom stereocenters. The second-order valence-corrected chi connectivity index (χ2v) is 5.61. The highest BCUT2D eigenvalue weighted by Gasteiger charge is 2.07. The number of carbonyl (C=O) groups excluding carboxylic acids is 2. The van der Waals surface area contributed by atoms with E-state index >= 15 is 0 Å². The molecule has 2 N–H and O–H groups in total. The van der Waals surface area contributed by atoms with E-state index < -0.39 is 5.97 Å². The smallest absolute Gasteiger partial charge is 0.337 e. The van der Waals surface area contributed by atoms with Crippen LogP contribution < -0.4 is 10.6 Å². The summed E-state index contributed by atoms with van der Waals surface area (Å²) in [5.41, 5.74) is 2.94. The average molecular weight is 347 g/mol. The van der Waals surface area contributed by atoms with Crippen molar-refractivity contribution in [2.75, 3.05) is 24.3 Å². The van der Waals surface area contributed by atoms with Crippen molar-refractivity contribution >= 4 is 34.9 Å². The number of methoxy groups -OCH3 is 1. The lowest BCUT2D eigenvalue weighted by atomic mass is 10.2. The molecule has 2 rings (SSSR count). The molecule has 2 aromatic rings. The van der Waals surface area contributed by atoms with Gasteiger partial charge in [-0.1, -0.05) is 17.7 Å². The molecule has 0 aliphatic heterocycles. The summed E-state index contributed by atoms with van der Waals surface area (Å²) in [5, 5.41) is 6.67. The van der Waals surface area contributed by atoms with E-state index in [4.69, 9.17) is 11.6 Å². The second kappa shape index (κ2) is 8.36. The number of benzene rings is 2. The number of carbonyl (C=O) groups is 2. The molecule has 2 aromatic carbocycles. The fourth-order valence-corrected chi connectivity index (χ4v) is 2.32. The van der Waals surface area contributed by atoms with Crippen LogP contribution in [0.4, 0.5) is 11.4 Å². The number of nitrogens with one attached hydrogen (secondary N) is 2. The van der Waals surface area contributed by atoms with E-state index in [-0.39, 0.29) is 5.91 Å². The van der Waals surface area contributed by atoms with E-state index in [0.29, 0.717) is 29.2 Å². The third-order valence-corrected chi connectivity index (χ3v) is 3.93. The maximum absolute atomic E-state index is 12.0. The molecular weight excluding hydrogens is 328 g/mol. The van der Waals surface area contributed by atoms with Gasteiger partial charge in [-0.15, -0.1) is 0 Å². The molecule has 0 radical (unpaired) electrons. The first kappa shape index (κ1) is 17.8. The summed E-state index contributed by atoms with van der Waals surface area (Å²) in [7, 11) is 1.33. The highest BCUT2D eigenvalue weighted by molar-refractivity contribution is 6.31. The molecule has 0 atom stereocenters. The molecule has 0 aliphatic rings. The molecule has 0 saturated carbocycles. The van der Waals surface area contributed by atoms with Gasteiger partial charge in [0.15, 0.2) is 0 Å². The van der Waals surface area contributed by atoms with Crippen LogP contribution in [0.1, 0.15) is 22.3 Å². The SMILES string of the molecule is COC(=O)c1ccc(NC(=O)CCNc2cccc(Cl)c2C)cc1. The monoisotopic (exact) mass is 346 g/mol. The van der Waals surface area contributed by atoms with Crippen LogP contribution in [0.2, 0.25) is 5.02 Å². The molecule has 24 heavy (non-hydrogen) atoms. The van der Waals surface area contributed by atoms with Crippen LogP contribution in [0.25, 0.3) is 0 Å². The highest BCUT2D eigenvalue weighted by atomic mass is 35.5. The lowest BCUT2D eigenvalue weighted by Gasteiger charge is -2.11. The van der Waals surface area contributed by atoms with Gasteiger partial charge in [0, 0.05) is 29.4 Å². The van der Waals surface area contributed by atoms with Gasteiger partial charge in [0.05, 0.1) is 12.7 Å². The largest absolute Gasteiger partial charge is 0.465 e. The third kappa shape index (κ3) is 4.73. The molecule has 0 aliphatic carbocycles. The van der Waals surface area contributed by atoms with Crippen LogP contribution in [-0.4, -0.2) is 25.5 Å². The quantitative estimate of drug-likeness (QED) is 0.779. The van der Waals surface area contributed by atoms with Crippen molar-refractivity contribution in [3.05, 3.63) is 58.6 Å². The van der Waals surface area contributed by atoms with E-state index in [0.717, 1.165) is 11.3 Å². The minimum atomic E-state index is -0.408. The maximum atomic E-state index is 12.0. The van der Waals surface area contributed by atoms with Gasteiger partial charge in [0.25, 0.3) is 0 Å². The number of hydrogen-bond donors (Lipinski definition) is 2. The number of hydrogen-bond acceptors (Lipinski definition) is 4. The zero-order chi connectivity index (χ0) is 17.5. The minimum absolute atomic E-state index is 0.118. The predicted molar refractivity (Wildman–Crippen MR) is 95.7 cm³/mol. The normalized spacial score (nSPS) is 10.1. The zero-order valence-electron chi connectivity index (χ0n) is 13.6. The van der Waals surface area contributed by atoms with Gasteiger partial charge in [0.1, 0.15) is 0 Å². The number of halogens is 1. The Morgan fingerprint density at radius 1 is 1.12 bits per heavy atom. The zero-order valence-corrected chi connectivity index (χ0v) is 14.3. The Bertz CT molecular complexity index is 730. The van der Waals surface area contributed by atoms with E-state index in [1.54, 1.807) is 24.3 Å². The standard InChI is InChI=1S/C18H19ClN2O3/c1-12-15(19)4-3-5-16(12)20-11-10-17(22)21-14-8-6-13(7-9-14)18(23)24-2/h3-9,20H,10-11H2,1-2H3,(H,21,22). The van der Waals surface area contributed by atoms with Gasteiger partial charge < -0.3 is 15.4 Å². The van der Waals surface area contributed by atoms with Gasteiger partial charge >= 0.3 is 5.97 Å². The summed E-state index contributed by atoms with van der Waals surface area (Å²) in [6.07, 6.45) is 0.310. The van der Waals surface area contributed by atoms with Gasteiger partial charge in [-0.25, -0.2) is 4.79 Å². The Labute approximate surface area is 146 Å². The number of ether oxygens (including phenoxy) is 1. The Hall–Kier alpha value is -2.53. The molecule has 0 aromatic heterocycles. The molecule has 0 spiro atoms. The van der Waals surface area contributed by atoms with Gasteiger partial charge in [0.2, 0.25) is 5.91 Å². The van der Waals surface area contributed by atoms with Crippen LogP contribution in [0, 0.1) is 6.92 Å². The van der Waals surface area contributed by atoms with Crippen LogP contribution >= 0.6 is 11.6 Å². The van der Waals surface area contributed by atoms with Crippen LogP contribution in [0.5, 0.6) is 0 Å². The maximum Gasteiger partial charge on any atom is 0.337 e. The molecule has 126 valence electrons. The number of esters is 1. The fraction of sp³-hybridized carbons (Fsp3) is 0.222. The Morgan fingerprint density at radius 3 is 2.50 bits per heavy atom. The van der Waals surface area contributed by atoms with Crippen molar-refractivity contribution in [3.63, 3.8) is 0 Å². The van der Waals surface area contributed by atoms with E-state index in [1.165, 1.54) is 7.11 Å². The highest BCUT2D eigenvalue weighted by Crippen LogP contribution is 2.22. The van der Waals surface area contributed by atoms with E-state index in [2.05, 4.69) is 15.4 Å². The van der Waals surface area contributed by atoms with Crippen molar-refractivity contribution in [1.29, 1.82) is 0 Å². The molecule has 0 bridgehead atoms. The Morgan fingerprint density at radius 2 is 1.83 bits per heavy atom. The summed E-state index contributed by atoms with van der Waals surface area (Å²) < 4.78 is 4.63. The number of anilines is 2. The average Bonchev–Trinajstić information content (AvgIpc) is 2.58. The lowest BCUT2D eigenvalue weighted by molar-refractivity contribution is -0.115. The third-order valence-electron chi connectivity index (χ3n) is 3.52. The topological polar surface area (TPSA) is 67.4 Å². The van der Waals surface area contributed by atoms with Crippen molar-refractivity contribution in [3.8, 4) is 0 Å². The predicted octanol–water partition coefficient (Wildman–Crippen LogP) is 3.88. The van der Waals surface area contributed by atoms with Crippen molar-refractivity contribution in [2.24, 2.45) is 0 Å². The van der Waals surface area contributed by atoms with Crippen molar-refractivity contribution < 1.29 is 14.3 Å². The van der Waals surface area contributed by atoms with E-state index in [1.807, 2.05) is 25.1 Å². The lowest BCUT2D eigenvalue weighted by Crippen LogP contribution is -2.16. The molecular formula is C18H19ClN2O3. The van der Waals surface area contributed by atoms with Crippen LogP contribution in [0.3, 0.4) is 0 Å². The van der Waals surface area contributed by atoms with Gasteiger partial charge in [-0.05, 0) is 48.9 Å². The first-order valence-electron chi connectivity index (χ1n) is 7.48. The molecule has 1 amide bonds. The number of rotatable bonds is 6. The fourth-order valence-electron chi connectivity index (χ4n) is 2.14. The van der Waals surface area contributed by atoms with Crippen LogP contribution in [0.15, 0.2) is 42.5 Å². The second-order valence-electron chi connectivity index (χ2n) is 5.21. The minimum Gasteiger partial charge on any atom is -0.465 e. The summed E-state index contributed by atoms with van der Waals surface area (Å²) in [4.78, 5) is 23.3.